The molecule has 0 radical (unpaired) electrons. The number of rotatable bonds is 4. The molecule has 6 heteroatoms. The van der Waals surface area contributed by atoms with Crippen LogP contribution >= 0.6 is 28.3 Å². The van der Waals surface area contributed by atoms with Crippen molar-refractivity contribution in [1.82, 2.24) is 15.2 Å². The molecular weight excluding hydrogens is 293 g/mol. The van der Waals surface area contributed by atoms with Crippen LogP contribution in [0.2, 0.25) is 0 Å². The van der Waals surface area contributed by atoms with Gasteiger partial charge in [0.1, 0.15) is 5.69 Å². The largest absolute Gasteiger partial charge is 0.349 e. The number of amides is 1. The van der Waals surface area contributed by atoms with Gasteiger partial charge in [0.15, 0.2) is 0 Å². The van der Waals surface area contributed by atoms with Gasteiger partial charge in [-0.2, -0.15) is 0 Å². The summed E-state index contributed by atoms with van der Waals surface area (Å²) in [6, 6.07) is 2.08. The van der Waals surface area contributed by atoms with Crippen molar-refractivity contribution in [2.75, 3.05) is 13.6 Å². The molecule has 0 aliphatic rings. The highest BCUT2D eigenvalue weighted by molar-refractivity contribution is 9.10. The van der Waals surface area contributed by atoms with Crippen molar-refractivity contribution in [1.29, 1.82) is 0 Å². The standard InChI is InChI=1S/C10H16BrN3O.ClH/c1-7(12-2)5-13-10(15)9-4-8(11)6-14(9)3;/h4,6-7,12H,5H2,1-3H3,(H,13,15);1H. The van der Waals surface area contributed by atoms with Crippen molar-refractivity contribution in [3.05, 3.63) is 22.4 Å². The van der Waals surface area contributed by atoms with Crippen LogP contribution in [0.5, 0.6) is 0 Å². The Morgan fingerprint density at radius 2 is 2.25 bits per heavy atom. The summed E-state index contributed by atoms with van der Waals surface area (Å²) in [5.41, 5.74) is 0.658. The molecular formula is C10H17BrClN3O. The third kappa shape index (κ3) is 4.15. The number of aromatic nitrogens is 1. The Labute approximate surface area is 110 Å². The average molecular weight is 311 g/mol. The van der Waals surface area contributed by atoms with E-state index in [2.05, 4.69) is 26.6 Å². The minimum Gasteiger partial charge on any atom is -0.349 e. The molecule has 1 amide bonds. The van der Waals surface area contributed by atoms with Gasteiger partial charge in [-0.15, -0.1) is 12.4 Å². The van der Waals surface area contributed by atoms with Crippen molar-refractivity contribution < 1.29 is 4.79 Å². The highest BCUT2D eigenvalue weighted by Crippen LogP contribution is 2.13. The number of halogens is 2. The first kappa shape index (κ1) is 15.5. The summed E-state index contributed by atoms with van der Waals surface area (Å²) in [5, 5.41) is 5.92. The Hall–Kier alpha value is -0.520. The molecule has 0 spiro atoms. The zero-order chi connectivity index (χ0) is 11.4. The van der Waals surface area contributed by atoms with Gasteiger partial charge in [-0.3, -0.25) is 4.79 Å². The molecule has 0 saturated heterocycles. The Morgan fingerprint density at radius 3 is 2.69 bits per heavy atom. The lowest BCUT2D eigenvalue weighted by Crippen LogP contribution is -2.37. The molecule has 1 rings (SSSR count). The second kappa shape index (κ2) is 6.93. The SMILES string of the molecule is CNC(C)CNC(=O)c1cc(Br)cn1C.Cl. The quantitative estimate of drug-likeness (QED) is 0.886. The Balaban J connectivity index is 0.00000225. The molecule has 0 saturated carbocycles. The summed E-state index contributed by atoms with van der Waals surface area (Å²) in [6.45, 7) is 2.64. The molecule has 1 aromatic rings. The van der Waals surface area contributed by atoms with Crippen molar-refractivity contribution in [3.63, 3.8) is 0 Å². The van der Waals surface area contributed by atoms with Crippen LogP contribution in [-0.4, -0.2) is 30.1 Å². The molecule has 1 heterocycles. The first-order valence-electron chi connectivity index (χ1n) is 4.82. The second-order valence-electron chi connectivity index (χ2n) is 3.55. The molecule has 16 heavy (non-hydrogen) atoms. The lowest BCUT2D eigenvalue weighted by Gasteiger charge is -2.11. The van der Waals surface area contributed by atoms with Gasteiger partial charge in [0.2, 0.25) is 0 Å². The highest BCUT2D eigenvalue weighted by atomic mass is 79.9. The third-order valence-electron chi connectivity index (χ3n) is 2.27. The second-order valence-corrected chi connectivity index (χ2v) is 4.47. The van der Waals surface area contributed by atoms with E-state index in [1.54, 1.807) is 10.6 Å². The molecule has 0 aromatic carbocycles. The van der Waals surface area contributed by atoms with Crippen LogP contribution in [0.4, 0.5) is 0 Å². The number of hydrogen-bond acceptors (Lipinski definition) is 2. The first-order chi connectivity index (χ1) is 7.04. The Morgan fingerprint density at radius 1 is 1.62 bits per heavy atom. The Kier molecular flexibility index (Phi) is 6.71. The smallest absolute Gasteiger partial charge is 0.267 e. The highest BCUT2D eigenvalue weighted by Gasteiger charge is 2.11. The van der Waals surface area contributed by atoms with E-state index < -0.39 is 0 Å². The van der Waals surface area contributed by atoms with Crippen LogP contribution in [0.15, 0.2) is 16.7 Å². The van der Waals surface area contributed by atoms with Crippen LogP contribution in [-0.2, 0) is 7.05 Å². The number of nitrogens with one attached hydrogen (secondary N) is 2. The summed E-state index contributed by atoms with van der Waals surface area (Å²) < 4.78 is 2.71. The molecule has 1 unspecified atom stereocenters. The normalized spacial score (nSPS) is 11.8. The van der Waals surface area contributed by atoms with E-state index in [1.165, 1.54) is 0 Å². The fourth-order valence-electron chi connectivity index (χ4n) is 1.19. The molecule has 0 fully saturated rings. The van der Waals surface area contributed by atoms with Gasteiger partial charge in [-0.25, -0.2) is 0 Å². The predicted molar refractivity (Wildman–Crippen MR) is 71.2 cm³/mol. The number of hydrogen-bond donors (Lipinski definition) is 2. The van der Waals surface area contributed by atoms with Crippen LogP contribution < -0.4 is 10.6 Å². The van der Waals surface area contributed by atoms with Gasteiger partial charge >= 0.3 is 0 Å². The van der Waals surface area contributed by atoms with E-state index in [9.17, 15) is 4.79 Å². The maximum atomic E-state index is 11.7. The third-order valence-corrected chi connectivity index (χ3v) is 2.70. The molecule has 1 atom stereocenters. The molecule has 0 bridgehead atoms. The zero-order valence-corrected chi connectivity index (χ0v) is 12.0. The summed E-state index contributed by atoms with van der Waals surface area (Å²) in [5.74, 6) is -0.0506. The molecule has 0 aliphatic carbocycles. The summed E-state index contributed by atoms with van der Waals surface area (Å²) in [6.07, 6.45) is 1.86. The van der Waals surface area contributed by atoms with Crippen molar-refractivity contribution in [3.8, 4) is 0 Å². The maximum absolute atomic E-state index is 11.7. The van der Waals surface area contributed by atoms with Gasteiger partial charge in [0, 0.05) is 30.3 Å². The van der Waals surface area contributed by atoms with Crippen molar-refractivity contribution in [2.45, 2.75) is 13.0 Å². The number of aryl methyl sites for hydroxylation is 1. The average Bonchev–Trinajstić information content (AvgIpc) is 2.53. The topological polar surface area (TPSA) is 46.1 Å². The summed E-state index contributed by atoms with van der Waals surface area (Å²) in [4.78, 5) is 11.7. The van der Waals surface area contributed by atoms with Crippen molar-refractivity contribution >= 4 is 34.2 Å². The van der Waals surface area contributed by atoms with Crippen LogP contribution in [0, 0.1) is 0 Å². The lowest BCUT2D eigenvalue weighted by molar-refractivity contribution is 0.0942. The number of carbonyl (C=O) groups is 1. The van der Waals surface area contributed by atoms with Gasteiger partial charge < -0.3 is 15.2 Å². The molecule has 0 aliphatic heterocycles. The molecule has 4 nitrogen and oxygen atoms in total. The van der Waals surface area contributed by atoms with E-state index in [4.69, 9.17) is 0 Å². The van der Waals surface area contributed by atoms with Crippen LogP contribution in [0.3, 0.4) is 0 Å². The van der Waals surface area contributed by atoms with E-state index in [0.717, 1.165) is 4.47 Å². The first-order valence-corrected chi connectivity index (χ1v) is 5.61. The van der Waals surface area contributed by atoms with E-state index in [0.29, 0.717) is 12.2 Å². The number of nitrogens with zero attached hydrogens (tertiary/aromatic N) is 1. The predicted octanol–water partition coefficient (Wildman–Crippen LogP) is 1.55. The number of carbonyl (C=O) groups excluding carboxylic acids is 1. The molecule has 1 aromatic heterocycles. The Bertz CT molecular complexity index is 354. The summed E-state index contributed by atoms with van der Waals surface area (Å²) >= 11 is 3.33. The summed E-state index contributed by atoms with van der Waals surface area (Å²) in [7, 11) is 3.72. The van der Waals surface area contributed by atoms with E-state index >= 15 is 0 Å². The lowest BCUT2D eigenvalue weighted by atomic mass is 10.3. The minimum atomic E-state index is -0.0506. The number of likely N-dealkylation sites (N-methyl/N-ethyl adjacent to an activating group) is 1. The van der Waals surface area contributed by atoms with Gasteiger partial charge in [-0.1, -0.05) is 0 Å². The van der Waals surface area contributed by atoms with Crippen LogP contribution in [0.25, 0.3) is 0 Å². The fraction of sp³-hybridized carbons (Fsp3) is 0.500. The monoisotopic (exact) mass is 309 g/mol. The molecule has 2 N–H and O–H groups in total. The van der Waals surface area contributed by atoms with Gasteiger partial charge in [0.25, 0.3) is 5.91 Å². The van der Waals surface area contributed by atoms with Gasteiger partial charge in [0.05, 0.1) is 0 Å². The fourth-order valence-corrected chi connectivity index (χ4v) is 1.71. The van der Waals surface area contributed by atoms with Crippen molar-refractivity contribution in [2.24, 2.45) is 7.05 Å². The molecule has 92 valence electrons. The van der Waals surface area contributed by atoms with E-state index in [-0.39, 0.29) is 24.4 Å². The minimum absolute atomic E-state index is 0. The van der Waals surface area contributed by atoms with E-state index in [1.807, 2.05) is 27.2 Å². The van der Waals surface area contributed by atoms with Gasteiger partial charge in [-0.05, 0) is 36.0 Å². The zero-order valence-electron chi connectivity index (χ0n) is 9.58. The maximum Gasteiger partial charge on any atom is 0.267 e. The van der Waals surface area contributed by atoms with Crippen LogP contribution in [0.1, 0.15) is 17.4 Å².